The molecule has 0 saturated carbocycles. The number of nitrogen functional groups attached to an aromatic ring is 1. The van der Waals surface area contributed by atoms with Crippen LogP contribution in [0.3, 0.4) is 0 Å². The average molecular weight is 404 g/mol. The molecule has 0 atom stereocenters. The lowest BCUT2D eigenvalue weighted by Gasteiger charge is -2.12. The third kappa shape index (κ3) is 4.12. The maximum Gasteiger partial charge on any atom is 0.211 e. The van der Waals surface area contributed by atoms with Crippen molar-refractivity contribution in [2.45, 2.75) is 6.54 Å². The van der Waals surface area contributed by atoms with Gasteiger partial charge >= 0.3 is 0 Å². The highest BCUT2D eigenvalue weighted by molar-refractivity contribution is 6.33. The zero-order valence-corrected chi connectivity index (χ0v) is 16.1. The summed E-state index contributed by atoms with van der Waals surface area (Å²) in [6.45, 7) is 0.578. The topological polar surface area (TPSA) is 92.9 Å². The number of hydrogen-bond donors (Lipinski definition) is 3. The predicted octanol–water partition coefficient (Wildman–Crippen LogP) is 4.71. The lowest BCUT2D eigenvalue weighted by Crippen LogP contribution is -2.05. The number of hydrogen-bond acceptors (Lipinski definition) is 5. The van der Waals surface area contributed by atoms with Crippen molar-refractivity contribution in [1.29, 1.82) is 0 Å². The van der Waals surface area contributed by atoms with E-state index >= 15 is 0 Å². The van der Waals surface area contributed by atoms with Crippen LogP contribution in [0.25, 0.3) is 22.2 Å². The van der Waals surface area contributed by atoms with Crippen LogP contribution in [0.1, 0.15) is 5.56 Å². The Bertz CT molecular complexity index is 1190. The largest absolute Gasteiger partial charge is 0.396 e. The quantitative estimate of drug-likeness (QED) is 0.405. The van der Waals surface area contributed by atoms with Gasteiger partial charge in [0.05, 0.1) is 27.6 Å². The number of nitrogens with zero attached hydrogens (tertiary/aromatic N) is 2. The Morgan fingerprint density at radius 3 is 2.79 bits per heavy atom. The van der Waals surface area contributed by atoms with Crippen molar-refractivity contribution in [2.24, 2.45) is 0 Å². The van der Waals surface area contributed by atoms with E-state index in [9.17, 15) is 4.79 Å². The van der Waals surface area contributed by atoms with Gasteiger partial charge in [0.15, 0.2) is 0 Å². The van der Waals surface area contributed by atoms with Crippen LogP contribution in [0, 0.1) is 0 Å². The number of anilines is 3. The number of carbonyl (C=O) groups is 1. The van der Waals surface area contributed by atoms with Crippen LogP contribution in [-0.2, 0) is 11.3 Å². The number of pyridine rings is 2. The maximum atomic E-state index is 10.6. The Balaban J connectivity index is 1.56. The summed E-state index contributed by atoms with van der Waals surface area (Å²) in [7, 11) is 0. The molecule has 144 valence electrons. The standard InChI is InChI=1S/C22H18ClN5O/c23-17-11-16(4-7-21(17)27-13-29)20-8-5-18(24)22(28-20)26-12-14-3-6-19-15(10-14)2-1-9-25-19/h1-11,13H,12,24H2,(H,26,28)(H,27,29). The number of amides is 1. The Morgan fingerprint density at radius 2 is 1.97 bits per heavy atom. The summed E-state index contributed by atoms with van der Waals surface area (Å²) in [6.07, 6.45) is 2.37. The first-order chi connectivity index (χ1) is 14.1. The zero-order valence-electron chi connectivity index (χ0n) is 15.4. The molecule has 0 aliphatic heterocycles. The number of carbonyl (C=O) groups excluding carboxylic acids is 1. The summed E-state index contributed by atoms with van der Waals surface area (Å²) >= 11 is 6.22. The van der Waals surface area contributed by atoms with E-state index in [-0.39, 0.29) is 0 Å². The molecule has 2 aromatic carbocycles. The highest BCUT2D eigenvalue weighted by atomic mass is 35.5. The molecule has 7 heteroatoms. The van der Waals surface area contributed by atoms with Crippen LogP contribution in [0.4, 0.5) is 17.2 Å². The zero-order chi connectivity index (χ0) is 20.2. The van der Waals surface area contributed by atoms with Crippen LogP contribution in [-0.4, -0.2) is 16.4 Å². The van der Waals surface area contributed by atoms with Gasteiger partial charge in [0.1, 0.15) is 5.82 Å². The van der Waals surface area contributed by atoms with Gasteiger partial charge in [-0.3, -0.25) is 9.78 Å². The number of benzene rings is 2. The summed E-state index contributed by atoms with van der Waals surface area (Å²) in [4.78, 5) is 19.6. The summed E-state index contributed by atoms with van der Waals surface area (Å²) in [5.41, 5.74) is 10.8. The van der Waals surface area contributed by atoms with Crippen LogP contribution in [0.5, 0.6) is 0 Å². The van der Waals surface area contributed by atoms with Gasteiger partial charge in [-0.25, -0.2) is 4.98 Å². The van der Waals surface area contributed by atoms with Gasteiger partial charge in [0.25, 0.3) is 0 Å². The Kier molecular flexibility index (Phi) is 5.27. The van der Waals surface area contributed by atoms with E-state index in [1.807, 2.05) is 36.4 Å². The Morgan fingerprint density at radius 1 is 1.07 bits per heavy atom. The van der Waals surface area contributed by atoms with Crippen LogP contribution in [0.15, 0.2) is 66.9 Å². The molecule has 0 saturated heterocycles. The molecule has 4 rings (SSSR count). The molecular weight excluding hydrogens is 386 g/mol. The molecule has 2 aromatic heterocycles. The fourth-order valence-corrected chi connectivity index (χ4v) is 3.28. The van der Waals surface area contributed by atoms with Crippen molar-refractivity contribution in [1.82, 2.24) is 9.97 Å². The molecule has 0 aliphatic carbocycles. The molecule has 4 aromatic rings. The van der Waals surface area contributed by atoms with Gasteiger partial charge in [0.2, 0.25) is 6.41 Å². The number of rotatable bonds is 6. The molecule has 0 aliphatic rings. The summed E-state index contributed by atoms with van der Waals surface area (Å²) < 4.78 is 0. The molecule has 1 amide bonds. The maximum absolute atomic E-state index is 10.6. The average Bonchev–Trinajstić information content (AvgIpc) is 2.74. The SMILES string of the molecule is Nc1ccc(-c2ccc(NC=O)c(Cl)c2)nc1NCc1ccc2ncccc2c1. The summed E-state index contributed by atoms with van der Waals surface area (Å²) in [5.74, 6) is 0.597. The smallest absolute Gasteiger partial charge is 0.211 e. The van der Waals surface area contributed by atoms with Gasteiger partial charge in [-0.1, -0.05) is 29.8 Å². The van der Waals surface area contributed by atoms with Gasteiger partial charge < -0.3 is 16.4 Å². The normalized spacial score (nSPS) is 10.7. The second kappa shape index (κ2) is 8.16. The van der Waals surface area contributed by atoms with Gasteiger partial charge in [-0.05, 0) is 48.0 Å². The highest BCUT2D eigenvalue weighted by Crippen LogP contribution is 2.29. The van der Waals surface area contributed by atoms with Gasteiger partial charge in [0, 0.05) is 23.7 Å². The van der Waals surface area contributed by atoms with E-state index in [1.165, 1.54) is 0 Å². The third-order valence-corrected chi connectivity index (χ3v) is 4.85. The van der Waals surface area contributed by atoms with Crippen molar-refractivity contribution in [3.63, 3.8) is 0 Å². The van der Waals surface area contributed by atoms with Crippen LogP contribution >= 0.6 is 11.6 Å². The van der Waals surface area contributed by atoms with Crippen molar-refractivity contribution in [3.8, 4) is 11.3 Å². The molecular formula is C22H18ClN5O. The van der Waals surface area contributed by atoms with Crippen molar-refractivity contribution in [3.05, 3.63) is 77.4 Å². The second-order valence-corrected chi connectivity index (χ2v) is 6.88. The second-order valence-electron chi connectivity index (χ2n) is 6.48. The first-order valence-electron chi connectivity index (χ1n) is 8.98. The van der Waals surface area contributed by atoms with E-state index in [4.69, 9.17) is 17.3 Å². The fraction of sp³-hybridized carbons (Fsp3) is 0.0455. The van der Waals surface area contributed by atoms with Crippen molar-refractivity contribution < 1.29 is 4.79 Å². The summed E-state index contributed by atoms with van der Waals surface area (Å²) in [5, 5.41) is 7.38. The van der Waals surface area contributed by atoms with E-state index in [0.717, 1.165) is 27.7 Å². The number of nitrogens with one attached hydrogen (secondary N) is 2. The van der Waals surface area contributed by atoms with Gasteiger partial charge in [-0.15, -0.1) is 0 Å². The first kappa shape index (κ1) is 18.7. The van der Waals surface area contributed by atoms with Gasteiger partial charge in [-0.2, -0.15) is 0 Å². The molecule has 29 heavy (non-hydrogen) atoms. The highest BCUT2D eigenvalue weighted by Gasteiger charge is 2.08. The van der Waals surface area contributed by atoms with Crippen LogP contribution in [0.2, 0.25) is 5.02 Å². The molecule has 0 fully saturated rings. The lowest BCUT2D eigenvalue weighted by atomic mass is 10.1. The number of fused-ring (bicyclic) bond motifs is 1. The van der Waals surface area contributed by atoms with E-state index in [1.54, 1.807) is 24.4 Å². The van der Waals surface area contributed by atoms with Crippen LogP contribution < -0.4 is 16.4 Å². The van der Waals surface area contributed by atoms with Crippen molar-refractivity contribution >= 4 is 46.1 Å². The summed E-state index contributed by atoms with van der Waals surface area (Å²) in [6, 6.07) is 19.0. The van der Waals surface area contributed by atoms with E-state index < -0.39 is 0 Å². The molecule has 0 radical (unpaired) electrons. The number of aromatic nitrogens is 2. The monoisotopic (exact) mass is 403 g/mol. The molecule has 0 unspecified atom stereocenters. The number of nitrogens with two attached hydrogens (primary N) is 1. The lowest BCUT2D eigenvalue weighted by molar-refractivity contribution is -0.105. The Labute approximate surface area is 172 Å². The molecule has 6 nitrogen and oxygen atoms in total. The van der Waals surface area contributed by atoms with E-state index in [0.29, 0.717) is 35.2 Å². The molecule has 2 heterocycles. The number of halogens is 1. The fourth-order valence-electron chi connectivity index (χ4n) is 3.05. The van der Waals surface area contributed by atoms with Crippen molar-refractivity contribution in [2.75, 3.05) is 16.4 Å². The van der Waals surface area contributed by atoms with E-state index in [2.05, 4.69) is 26.7 Å². The third-order valence-electron chi connectivity index (χ3n) is 4.53. The first-order valence-corrected chi connectivity index (χ1v) is 9.36. The Hall–Kier alpha value is -3.64. The molecule has 0 bridgehead atoms. The minimum atomic E-state index is 0.438. The molecule has 4 N–H and O–H groups in total. The minimum absolute atomic E-state index is 0.438. The predicted molar refractivity (Wildman–Crippen MR) is 118 cm³/mol. The minimum Gasteiger partial charge on any atom is -0.396 e. The molecule has 0 spiro atoms.